The highest BCUT2D eigenvalue weighted by Gasteiger charge is 2.33. The predicted octanol–water partition coefficient (Wildman–Crippen LogP) is 4.62. The first-order valence-electron chi connectivity index (χ1n) is 10.0. The average Bonchev–Trinajstić information content (AvgIpc) is 2.59. The Bertz CT molecular complexity index is 455. The van der Waals surface area contributed by atoms with Crippen molar-refractivity contribution < 1.29 is 50.4 Å². The molecule has 0 aliphatic carbocycles. The Morgan fingerprint density at radius 1 is 0.548 bits per heavy atom. The standard InChI is InChI=1S/C20H36F6O5/c1-6-17(4,11-30-14-19(21,22)23)10-28-8-16(2,3)9-29-12-18(5,7-27)13-31-15-20(24,25)26/h27H,6-15H2,1-5H3. The summed E-state index contributed by atoms with van der Waals surface area (Å²) in [6.07, 6.45) is -8.26. The minimum atomic E-state index is -4.44. The number of rotatable bonds is 16. The summed E-state index contributed by atoms with van der Waals surface area (Å²) >= 11 is 0. The molecule has 0 spiro atoms. The van der Waals surface area contributed by atoms with Gasteiger partial charge in [-0.25, -0.2) is 0 Å². The second-order valence-corrected chi connectivity index (χ2v) is 9.50. The van der Waals surface area contributed by atoms with Gasteiger partial charge in [0.2, 0.25) is 0 Å². The molecule has 0 aliphatic heterocycles. The Balaban J connectivity index is 4.38. The molecule has 0 rings (SSSR count). The number of halogens is 6. The molecule has 0 saturated heterocycles. The molecular weight excluding hydrogens is 434 g/mol. The van der Waals surface area contributed by atoms with Crippen molar-refractivity contribution in [1.29, 1.82) is 0 Å². The first kappa shape index (κ1) is 30.4. The summed E-state index contributed by atoms with van der Waals surface area (Å²) in [5.41, 5.74) is -2.03. The number of hydrogen-bond acceptors (Lipinski definition) is 5. The normalized spacial score (nSPS) is 17.4. The quantitative estimate of drug-likeness (QED) is 0.334. The van der Waals surface area contributed by atoms with E-state index in [0.717, 1.165) is 0 Å². The van der Waals surface area contributed by atoms with E-state index in [1.54, 1.807) is 13.8 Å². The molecule has 1 N–H and O–H groups in total. The zero-order valence-electron chi connectivity index (χ0n) is 18.9. The molecule has 0 amide bonds. The minimum absolute atomic E-state index is 0.0112. The van der Waals surface area contributed by atoms with E-state index in [-0.39, 0.29) is 39.6 Å². The van der Waals surface area contributed by atoms with Crippen molar-refractivity contribution in [3.8, 4) is 0 Å². The van der Waals surface area contributed by atoms with Crippen LogP contribution in [0.1, 0.15) is 41.0 Å². The third-order valence-corrected chi connectivity index (χ3v) is 4.55. The number of alkyl halides is 6. The van der Waals surface area contributed by atoms with Crippen LogP contribution in [0.4, 0.5) is 26.3 Å². The highest BCUT2D eigenvalue weighted by molar-refractivity contribution is 4.76. The second-order valence-electron chi connectivity index (χ2n) is 9.50. The summed E-state index contributed by atoms with van der Waals surface area (Å²) in [5, 5.41) is 9.48. The van der Waals surface area contributed by atoms with Gasteiger partial charge in [-0.15, -0.1) is 0 Å². The Morgan fingerprint density at radius 3 is 1.16 bits per heavy atom. The van der Waals surface area contributed by atoms with Crippen molar-refractivity contribution in [2.75, 3.05) is 59.5 Å². The third-order valence-electron chi connectivity index (χ3n) is 4.55. The minimum Gasteiger partial charge on any atom is -0.396 e. The molecule has 2 atom stereocenters. The summed E-state index contributed by atoms with van der Waals surface area (Å²) in [7, 11) is 0. The van der Waals surface area contributed by atoms with Crippen LogP contribution in [-0.4, -0.2) is 76.9 Å². The molecule has 0 fully saturated rings. The van der Waals surface area contributed by atoms with Gasteiger partial charge in [-0.1, -0.05) is 34.6 Å². The van der Waals surface area contributed by atoms with Crippen molar-refractivity contribution in [1.82, 2.24) is 0 Å². The zero-order valence-corrected chi connectivity index (χ0v) is 18.9. The van der Waals surface area contributed by atoms with Crippen LogP contribution in [0.3, 0.4) is 0 Å². The molecule has 0 heterocycles. The highest BCUT2D eigenvalue weighted by Crippen LogP contribution is 2.26. The van der Waals surface area contributed by atoms with E-state index < -0.39 is 48.4 Å². The zero-order chi connectivity index (χ0) is 24.4. The predicted molar refractivity (Wildman–Crippen MR) is 103 cm³/mol. The third kappa shape index (κ3) is 15.8. The molecule has 0 aromatic rings. The molecule has 0 bridgehead atoms. The summed E-state index contributed by atoms with van der Waals surface area (Å²) in [4.78, 5) is 0. The molecule has 31 heavy (non-hydrogen) atoms. The highest BCUT2D eigenvalue weighted by atomic mass is 19.4. The molecule has 5 nitrogen and oxygen atoms in total. The topological polar surface area (TPSA) is 57.2 Å². The van der Waals surface area contributed by atoms with Crippen molar-refractivity contribution in [3.63, 3.8) is 0 Å². The van der Waals surface area contributed by atoms with Gasteiger partial charge < -0.3 is 24.1 Å². The molecule has 0 saturated carbocycles. The summed E-state index contributed by atoms with van der Waals surface area (Å²) in [6, 6.07) is 0. The fourth-order valence-corrected chi connectivity index (χ4v) is 2.39. The number of aliphatic hydroxyl groups is 1. The van der Waals surface area contributed by atoms with Gasteiger partial charge in [0.1, 0.15) is 13.2 Å². The molecule has 188 valence electrons. The van der Waals surface area contributed by atoms with E-state index in [4.69, 9.17) is 14.2 Å². The lowest BCUT2D eigenvalue weighted by Gasteiger charge is -2.32. The lowest BCUT2D eigenvalue weighted by Crippen LogP contribution is -2.37. The van der Waals surface area contributed by atoms with Gasteiger partial charge in [0.15, 0.2) is 0 Å². The Kier molecular flexibility index (Phi) is 12.3. The number of aliphatic hydroxyl groups excluding tert-OH is 1. The van der Waals surface area contributed by atoms with E-state index >= 15 is 0 Å². The van der Waals surface area contributed by atoms with Gasteiger partial charge in [0, 0.05) is 16.2 Å². The van der Waals surface area contributed by atoms with Gasteiger partial charge in [0.05, 0.1) is 46.2 Å². The van der Waals surface area contributed by atoms with Crippen molar-refractivity contribution in [3.05, 3.63) is 0 Å². The van der Waals surface area contributed by atoms with Gasteiger partial charge in [-0.2, -0.15) is 26.3 Å². The lowest BCUT2D eigenvalue weighted by atomic mass is 9.89. The van der Waals surface area contributed by atoms with Gasteiger partial charge >= 0.3 is 12.4 Å². The largest absolute Gasteiger partial charge is 0.411 e. The lowest BCUT2D eigenvalue weighted by molar-refractivity contribution is -0.185. The fraction of sp³-hybridized carbons (Fsp3) is 1.00. The Hall–Kier alpha value is -0.620. The number of ether oxygens (including phenoxy) is 4. The molecular formula is C20H36F6O5. The van der Waals surface area contributed by atoms with Crippen LogP contribution >= 0.6 is 0 Å². The van der Waals surface area contributed by atoms with E-state index in [2.05, 4.69) is 4.74 Å². The van der Waals surface area contributed by atoms with Crippen LogP contribution in [0.25, 0.3) is 0 Å². The first-order valence-corrected chi connectivity index (χ1v) is 10.0. The van der Waals surface area contributed by atoms with Crippen molar-refractivity contribution in [2.45, 2.75) is 53.4 Å². The molecule has 0 aliphatic rings. The second kappa shape index (κ2) is 12.6. The molecule has 0 aromatic heterocycles. The van der Waals surface area contributed by atoms with E-state index in [0.29, 0.717) is 6.42 Å². The van der Waals surface area contributed by atoms with Crippen LogP contribution < -0.4 is 0 Å². The van der Waals surface area contributed by atoms with E-state index in [1.807, 2.05) is 20.8 Å². The smallest absolute Gasteiger partial charge is 0.396 e. The number of hydrogen-bond donors (Lipinski definition) is 1. The van der Waals surface area contributed by atoms with Crippen LogP contribution in [0.5, 0.6) is 0 Å². The summed E-state index contributed by atoms with van der Waals surface area (Å²) in [5.74, 6) is 0. The molecule has 0 aromatic carbocycles. The summed E-state index contributed by atoms with van der Waals surface area (Å²) in [6.45, 7) is 6.01. The maximum Gasteiger partial charge on any atom is 0.411 e. The van der Waals surface area contributed by atoms with Crippen molar-refractivity contribution >= 4 is 0 Å². The maximum atomic E-state index is 12.2. The first-order chi connectivity index (χ1) is 13.9. The molecule has 2 unspecified atom stereocenters. The maximum absolute atomic E-state index is 12.2. The molecule has 0 radical (unpaired) electrons. The van der Waals surface area contributed by atoms with E-state index in [1.165, 1.54) is 0 Å². The molecule has 11 heteroatoms. The monoisotopic (exact) mass is 470 g/mol. The Labute approximate surface area is 180 Å². The van der Waals surface area contributed by atoms with Crippen LogP contribution in [0.2, 0.25) is 0 Å². The van der Waals surface area contributed by atoms with E-state index in [9.17, 15) is 31.4 Å². The van der Waals surface area contributed by atoms with Gasteiger partial charge in [-0.05, 0) is 6.42 Å². The van der Waals surface area contributed by atoms with Gasteiger partial charge in [-0.3, -0.25) is 0 Å². The Morgan fingerprint density at radius 2 is 0.871 bits per heavy atom. The van der Waals surface area contributed by atoms with Crippen molar-refractivity contribution in [2.24, 2.45) is 16.2 Å². The van der Waals surface area contributed by atoms with Crippen LogP contribution in [0, 0.1) is 16.2 Å². The fourth-order valence-electron chi connectivity index (χ4n) is 2.39. The SMILES string of the molecule is CCC(C)(COCC(F)(F)F)COCC(C)(C)COCC(C)(CO)COCC(F)(F)F. The van der Waals surface area contributed by atoms with Crippen LogP contribution in [-0.2, 0) is 18.9 Å². The van der Waals surface area contributed by atoms with Gasteiger partial charge in [0.25, 0.3) is 0 Å². The van der Waals surface area contributed by atoms with Crippen LogP contribution in [0.15, 0.2) is 0 Å². The average molecular weight is 470 g/mol. The summed E-state index contributed by atoms with van der Waals surface area (Å²) < 4.78 is 94.1.